The number of rotatable bonds is 8. The van der Waals surface area contributed by atoms with E-state index in [4.69, 9.17) is 19.7 Å². The topological polar surface area (TPSA) is 83.4 Å². The first-order valence-electron chi connectivity index (χ1n) is 5.42. The maximum Gasteiger partial charge on any atom is 0.229 e. The number of hydrogen-bond acceptors (Lipinski definition) is 6. The van der Waals surface area contributed by atoms with Crippen molar-refractivity contribution in [1.29, 1.82) is 0 Å². The zero-order valence-corrected chi connectivity index (χ0v) is 9.81. The molecule has 1 atom stereocenters. The smallest absolute Gasteiger partial charge is 0.229 e. The average molecular weight is 229 g/mol. The second-order valence-electron chi connectivity index (χ2n) is 3.45. The molecule has 0 radical (unpaired) electrons. The highest BCUT2D eigenvalue weighted by atomic mass is 16.5. The number of aromatic nitrogens is 2. The Morgan fingerprint density at radius 2 is 2.31 bits per heavy atom. The summed E-state index contributed by atoms with van der Waals surface area (Å²) in [5.41, 5.74) is 5.50. The molecule has 0 bridgehead atoms. The highest BCUT2D eigenvalue weighted by molar-refractivity contribution is 4.87. The third-order valence-electron chi connectivity index (χ3n) is 2.09. The zero-order valence-electron chi connectivity index (χ0n) is 9.81. The van der Waals surface area contributed by atoms with Gasteiger partial charge in [0.1, 0.15) is 6.61 Å². The van der Waals surface area contributed by atoms with E-state index < -0.39 is 0 Å². The Balaban J connectivity index is 2.38. The summed E-state index contributed by atoms with van der Waals surface area (Å²) >= 11 is 0. The summed E-state index contributed by atoms with van der Waals surface area (Å²) in [6.07, 6.45) is 1.43. The minimum atomic E-state index is -0.0788. The summed E-state index contributed by atoms with van der Waals surface area (Å²) in [4.78, 5) is 4.18. The van der Waals surface area contributed by atoms with Gasteiger partial charge in [-0.05, 0) is 6.42 Å². The van der Waals surface area contributed by atoms with E-state index in [-0.39, 0.29) is 6.10 Å². The monoisotopic (exact) mass is 229 g/mol. The molecule has 1 rings (SSSR count). The van der Waals surface area contributed by atoms with Gasteiger partial charge < -0.3 is 19.7 Å². The first-order chi connectivity index (χ1) is 7.80. The van der Waals surface area contributed by atoms with E-state index >= 15 is 0 Å². The van der Waals surface area contributed by atoms with Gasteiger partial charge in [-0.25, -0.2) is 0 Å². The number of nitrogens with two attached hydrogens (primary N) is 1. The van der Waals surface area contributed by atoms with E-state index in [0.29, 0.717) is 37.9 Å². The normalized spacial score (nSPS) is 12.9. The highest BCUT2D eigenvalue weighted by Crippen LogP contribution is 2.04. The van der Waals surface area contributed by atoms with Crippen LogP contribution in [0.25, 0.3) is 0 Å². The van der Waals surface area contributed by atoms with Crippen molar-refractivity contribution >= 4 is 0 Å². The lowest BCUT2D eigenvalue weighted by Gasteiger charge is -2.08. The van der Waals surface area contributed by atoms with Crippen molar-refractivity contribution in [2.75, 3.05) is 20.3 Å². The molecule has 6 nitrogen and oxygen atoms in total. The summed E-state index contributed by atoms with van der Waals surface area (Å²) in [7, 11) is 1.61. The van der Waals surface area contributed by atoms with E-state index in [1.165, 1.54) is 0 Å². The number of ether oxygens (including phenoxy) is 2. The first-order valence-corrected chi connectivity index (χ1v) is 5.42. The summed E-state index contributed by atoms with van der Waals surface area (Å²) in [6, 6.07) is 0. The Morgan fingerprint density at radius 3 is 2.94 bits per heavy atom. The molecule has 0 aliphatic heterocycles. The molecule has 1 unspecified atom stereocenters. The predicted molar refractivity (Wildman–Crippen MR) is 57.8 cm³/mol. The van der Waals surface area contributed by atoms with E-state index in [1.54, 1.807) is 7.11 Å². The summed E-state index contributed by atoms with van der Waals surface area (Å²) < 4.78 is 15.5. The second kappa shape index (κ2) is 7.32. The molecule has 0 spiro atoms. The maximum atomic E-state index is 5.50. The molecule has 1 heterocycles. The molecule has 0 amide bonds. The molecule has 0 fully saturated rings. The molecule has 16 heavy (non-hydrogen) atoms. The van der Waals surface area contributed by atoms with Crippen molar-refractivity contribution < 1.29 is 14.0 Å². The molecule has 0 aliphatic rings. The van der Waals surface area contributed by atoms with Gasteiger partial charge in [0.15, 0.2) is 5.82 Å². The fraction of sp³-hybridized carbons (Fsp3) is 0.800. The van der Waals surface area contributed by atoms with Gasteiger partial charge in [0, 0.05) is 20.3 Å². The summed E-state index contributed by atoms with van der Waals surface area (Å²) in [5, 5.41) is 3.80. The Bertz CT molecular complexity index is 287. The van der Waals surface area contributed by atoms with Crippen molar-refractivity contribution in [1.82, 2.24) is 10.1 Å². The standard InChI is InChI=1S/C10H19N3O3/c1-3-4-15-7-9-12-10(16-13-9)5-8(6-11)14-2/h8H,3-7,11H2,1-2H3. The minimum Gasteiger partial charge on any atom is -0.380 e. The zero-order chi connectivity index (χ0) is 11.8. The Kier molecular flexibility index (Phi) is 5.99. The molecule has 92 valence electrons. The van der Waals surface area contributed by atoms with Crippen LogP contribution in [-0.4, -0.2) is 36.5 Å². The molecule has 0 aliphatic carbocycles. The molecular weight excluding hydrogens is 210 g/mol. The molecule has 0 saturated heterocycles. The van der Waals surface area contributed by atoms with Crippen LogP contribution in [0.1, 0.15) is 25.1 Å². The molecule has 2 N–H and O–H groups in total. The van der Waals surface area contributed by atoms with Crippen LogP contribution in [0.4, 0.5) is 0 Å². The van der Waals surface area contributed by atoms with Crippen molar-refractivity contribution in [3.8, 4) is 0 Å². The highest BCUT2D eigenvalue weighted by Gasteiger charge is 2.12. The third kappa shape index (κ3) is 4.26. The van der Waals surface area contributed by atoms with E-state index in [0.717, 1.165) is 6.42 Å². The molecule has 0 aromatic carbocycles. The first kappa shape index (κ1) is 13.1. The fourth-order valence-corrected chi connectivity index (χ4v) is 1.20. The Morgan fingerprint density at radius 1 is 1.50 bits per heavy atom. The molecule has 1 aromatic heterocycles. The van der Waals surface area contributed by atoms with Crippen LogP contribution < -0.4 is 5.73 Å². The van der Waals surface area contributed by atoms with Crippen LogP contribution in [0.2, 0.25) is 0 Å². The number of nitrogens with zero attached hydrogens (tertiary/aromatic N) is 2. The van der Waals surface area contributed by atoms with Crippen molar-refractivity contribution in [3.63, 3.8) is 0 Å². The lowest BCUT2D eigenvalue weighted by molar-refractivity contribution is 0.102. The van der Waals surface area contributed by atoms with Crippen LogP contribution in [0.5, 0.6) is 0 Å². The van der Waals surface area contributed by atoms with Crippen LogP contribution >= 0.6 is 0 Å². The SMILES string of the molecule is CCCOCc1noc(CC(CN)OC)n1. The lowest BCUT2D eigenvalue weighted by Crippen LogP contribution is -2.24. The predicted octanol–water partition coefficient (Wildman–Crippen LogP) is 0.512. The van der Waals surface area contributed by atoms with Crippen molar-refractivity contribution in [3.05, 3.63) is 11.7 Å². The molecule has 0 saturated carbocycles. The fourth-order valence-electron chi connectivity index (χ4n) is 1.20. The molecule has 1 aromatic rings. The van der Waals surface area contributed by atoms with Gasteiger partial charge >= 0.3 is 0 Å². The van der Waals surface area contributed by atoms with Crippen LogP contribution in [0.3, 0.4) is 0 Å². The largest absolute Gasteiger partial charge is 0.380 e. The van der Waals surface area contributed by atoms with E-state index in [9.17, 15) is 0 Å². The van der Waals surface area contributed by atoms with Gasteiger partial charge in [-0.1, -0.05) is 12.1 Å². The molecular formula is C10H19N3O3. The number of hydrogen-bond donors (Lipinski definition) is 1. The number of methoxy groups -OCH3 is 1. The third-order valence-corrected chi connectivity index (χ3v) is 2.09. The van der Waals surface area contributed by atoms with Gasteiger partial charge in [0.05, 0.1) is 12.5 Å². The van der Waals surface area contributed by atoms with Crippen LogP contribution in [0, 0.1) is 0 Å². The van der Waals surface area contributed by atoms with Crippen molar-refractivity contribution in [2.24, 2.45) is 5.73 Å². The summed E-state index contributed by atoms with van der Waals surface area (Å²) in [6.45, 7) is 3.57. The van der Waals surface area contributed by atoms with E-state index in [1.807, 2.05) is 6.92 Å². The second-order valence-corrected chi connectivity index (χ2v) is 3.45. The van der Waals surface area contributed by atoms with E-state index in [2.05, 4.69) is 10.1 Å². The average Bonchev–Trinajstić information content (AvgIpc) is 2.74. The van der Waals surface area contributed by atoms with Gasteiger partial charge in [0.2, 0.25) is 5.89 Å². The van der Waals surface area contributed by atoms with Crippen molar-refractivity contribution in [2.45, 2.75) is 32.5 Å². The Hall–Kier alpha value is -0.980. The van der Waals surface area contributed by atoms with Gasteiger partial charge in [-0.2, -0.15) is 4.98 Å². The van der Waals surface area contributed by atoms with Gasteiger partial charge in [-0.3, -0.25) is 0 Å². The maximum absolute atomic E-state index is 5.50. The summed E-state index contributed by atoms with van der Waals surface area (Å²) in [5.74, 6) is 1.10. The lowest BCUT2D eigenvalue weighted by atomic mass is 10.2. The van der Waals surface area contributed by atoms with Gasteiger partial charge in [0.25, 0.3) is 0 Å². The molecule has 6 heteroatoms. The quantitative estimate of drug-likeness (QED) is 0.654. The van der Waals surface area contributed by atoms with Crippen LogP contribution in [-0.2, 0) is 22.5 Å². The Labute approximate surface area is 95.1 Å². The van der Waals surface area contributed by atoms with Crippen LogP contribution in [0.15, 0.2) is 4.52 Å². The van der Waals surface area contributed by atoms with Gasteiger partial charge in [-0.15, -0.1) is 0 Å². The minimum absolute atomic E-state index is 0.0788.